The van der Waals surface area contributed by atoms with E-state index in [1.165, 1.54) is 15.6 Å². The summed E-state index contributed by atoms with van der Waals surface area (Å²) in [6.45, 7) is 6.55. The van der Waals surface area contributed by atoms with Gasteiger partial charge in [0.2, 0.25) is 0 Å². The summed E-state index contributed by atoms with van der Waals surface area (Å²) in [6.07, 6.45) is -0.622. The lowest BCUT2D eigenvalue weighted by Crippen LogP contribution is -2.40. The van der Waals surface area contributed by atoms with Crippen LogP contribution in [0.15, 0.2) is 53.3 Å². The molecule has 0 aliphatic heterocycles. The van der Waals surface area contributed by atoms with Crippen LogP contribution in [0, 0.1) is 6.92 Å². The number of nitrogens with one attached hydrogen (secondary N) is 1. The molecule has 0 aliphatic carbocycles. The van der Waals surface area contributed by atoms with Crippen molar-refractivity contribution in [2.24, 2.45) is 0 Å². The van der Waals surface area contributed by atoms with E-state index in [9.17, 15) is 9.59 Å². The van der Waals surface area contributed by atoms with Crippen molar-refractivity contribution in [3.05, 3.63) is 70.3 Å². The zero-order chi connectivity index (χ0) is 23.1. The predicted molar refractivity (Wildman–Crippen MR) is 121 cm³/mol. The van der Waals surface area contributed by atoms with E-state index in [0.29, 0.717) is 30.5 Å². The molecule has 1 aromatic carbocycles. The summed E-state index contributed by atoms with van der Waals surface area (Å²) in [6, 6.07) is 13.6. The maximum atomic E-state index is 13.5. The van der Waals surface area contributed by atoms with E-state index >= 15 is 0 Å². The Kier molecular flexibility index (Phi) is 7.80. The van der Waals surface area contributed by atoms with Gasteiger partial charge in [0, 0.05) is 30.7 Å². The Morgan fingerprint density at radius 1 is 1.12 bits per heavy atom. The van der Waals surface area contributed by atoms with E-state index < -0.39 is 12.2 Å². The number of ether oxygens (including phenoxy) is 3. The van der Waals surface area contributed by atoms with Gasteiger partial charge >= 0.3 is 0 Å². The minimum atomic E-state index is -0.622. The highest BCUT2D eigenvalue weighted by Crippen LogP contribution is 2.22. The molecule has 0 saturated carbocycles. The van der Waals surface area contributed by atoms with E-state index in [-0.39, 0.29) is 17.8 Å². The summed E-state index contributed by atoms with van der Waals surface area (Å²) < 4.78 is 17.8. The largest absolute Gasteiger partial charge is 0.497 e. The number of carbonyl (C=O) groups excluding carboxylic acids is 1. The molecule has 1 N–H and O–H groups in total. The first-order valence-corrected chi connectivity index (χ1v) is 10.4. The third-order valence-electron chi connectivity index (χ3n) is 4.72. The van der Waals surface area contributed by atoms with Gasteiger partial charge in [0.05, 0.1) is 13.7 Å². The van der Waals surface area contributed by atoms with Gasteiger partial charge in [-0.05, 0) is 57.2 Å². The number of aromatic nitrogens is 3. The number of aryl methyl sites for hydroxylation is 1. The monoisotopic (exact) mass is 440 g/mol. The smallest absolute Gasteiger partial charge is 0.276 e. The van der Waals surface area contributed by atoms with Crippen LogP contribution >= 0.6 is 0 Å². The fraction of sp³-hybridized carbons (Fsp3) is 0.348. The molecule has 0 radical (unpaired) electrons. The van der Waals surface area contributed by atoms with Gasteiger partial charge in [-0.1, -0.05) is 6.07 Å². The molecule has 3 rings (SSSR count). The van der Waals surface area contributed by atoms with Crippen LogP contribution < -0.4 is 15.2 Å². The maximum Gasteiger partial charge on any atom is 0.276 e. The van der Waals surface area contributed by atoms with Crippen molar-refractivity contribution in [2.45, 2.75) is 27.1 Å². The molecular formula is C23H28N4O5. The van der Waals surface area contributed by atoms with Crippen molar-refractivity contribution in [3.8, 4) is 11.6 Å². The Labute approximate surface area is 186 Å². The van der Waals surface area contributed by atoms with Crippen LogP contribution in [0.3, 0.4) is 0 Å². The summed E-state index contributed by atoms with van der Waals surface area (Å²) in [5.74, 6) is 0.673. The van der Waals surface area contributed by atoms with E-state index in [1.54, 1.807) is 43.5 Å². The number of nitrogens with zero attached hydrogens (tertiary/aromatic N) is 3. The van der Waals surface area contributed by atoms with E-state index in [0.717, 1.165) is 5.69 Å². The third-order valence-corrected chi connectivity index (χ3v) is 4.72. The van der Waals surface area contributed by atoms with Crippen LogP contribution in [0.1, 0.15) is 30.0 Å². The topological polar surface area (TPSA) is 98.7 Å². The number of H-pyrrole nitrogens is 1. The summed E-state index contributed by atoms with van der Waals surface area (Å²) in [5.41, 5.74) is 1.11. The Morgan fingerprint density at radius 3 is 2.41 bits per heavy atom. The van der Waals surface area contributed by atoms with Gasteiger partial charge < -0.3 is 19.1 Å². The van der Waals surface area contributed by atoms with Crippen molar-refractivity contribution >= 4 is 11.6 Å². The number of anilines is 1. The molecule has 0 spiro atoms. The van der Waals surface area contributed by atoms with Gasteiger partial charge in [-0.15, -0.1) is 0 Å². The van der Waals surface area contributed by atoms with Gasteiger partial charge in [-0.2, -0.15) is 0 Å². The molecule has 9 nitrogen and oxygen atoms in total. The van der Waals surface area contributed by atoms with Gasteiger partial charge in [0.1, 0.15) is 11.4 Å². The van der Waals surface area contributed by atoms with Gasteiger partial charge in [-0.25, -0.2) is 9.67 Å². The van der Waals surface area contributed by atoms with Gasteiger partial charge in [0.25, 0.3) is 11.5 Å². The molecule has 2 heterocycles. The first-order valence-electron chi connectivity index (χ1n) is 10.4. The summed E-state index contributed by atoms with van der Waals surface area (Å²) in [7, 11) is 1.57. The lowest BCUT2D eigenvalue weighted by Gasteiger charge is -2.27. The minimum Gasteiger partial charge on any atom is -0.497 e. The van der Waals surface area contributed by atoms with Crippen LogP contribution in [0.2, 0.25) is 0 Å². The number of methoxy groups -OCH3 is 1. The average molecular weight is 441 g/mol. The second kappa shape index (κ2) is 10.7. The Hall–Kier alpha value is -3.43. The maximum absolute atomic E-state index is 13.5. The number of aromatic amines is 1. The van der Waals surface area contributed by atoms with Gasteiger partial charge in [0.15, 0.2) is 12.1 Å². The van der Waals surface area contributed by atoms with E-state index in [2.05, 4.69) is 10.1 Å². The average Bonchev–Trinajstić information content (AvgIpc) is 3.19. The van der Waals surface area contributed by atoms with E-state index in [1.807, 2.05) is 26.8 Å². The third kappa shape index (κ3) is 5.43. The molecule has 0 aliphatic rings. The lowest BCUT2D eigenvalue weighted by molar-refractivity contribution is -0.128. The quantitative estimate of drug-likeness (QED) is 0.487. The van der Waals surface area contributed by atoms with Crippen molar-refractivity contribution < 1.29 is 19.0 Å². The van der Waals surface area contributed by atoms with Crippen molar-refractivity contribution in [1.82, 2.24) is 14.8 Å². The zero-order valence-corrected chi connectivity index (χ0v) is 18.7. The number of pyridine rings is 1. The second-order valence-electron chi connectivity index (χ2n) is 6.93. The standard InChI is InChI=1S/C23H28N4O5/c1-5-31-22(32-6-2)15-26(17-10-12-18(30-4)13-11-17)23(29)19-14-21(28)27(25-19)20-9-7-8-16(3)24-20/h7-14,22,25H,5-6,15H2,1-4H3. The van der Waals surface area contributed by atoms with Crippen LogP contribution in [0.25, 0.3) is 5.82 Å². The molecule has 1 amide bonds. The molecule has 3 aromatic rings. The fourth-order valence-corrected chi connectivity index (χ4v) is 3.22. The number of hydrogen-bond acceptors (Lipinski definition) is 6. The van der Waals surface area contributed by atoms with Crippen LogP contribution in [-0.4, -0.2) is 53.8 Å². The zero-order valence-electron chi connectivity index (χ0n) is 18.7. The van der Waals surface area contributed by atoms with Gasteiger partial charge in [-0.3, -0.25) is 14.7 Å². The Bertz CT molecular complexity index is 1080. The van der Waals surface area contributed by atoms with Crippen LogP contribution in [0.4, 0.5) is 5.69 Å². The molecule has 0 atom stereocenters. The van der Waals surface area contributed by atoms with Crippen molar-refractivity contribution in [3.63, 3.8) is 0 Å². The molecule has 0 unspecified atom stereocenters. The number of hydrogen-bond donors (Lipinski definition) is 1. The van der Waals surface area contributed by atoms with Crippen molar-refractivity contribution in [2.75, 3.05) is 31.8 Å². The lowest BCUT2D eigenvalue weighted by atomic mass is 10.2. The highest BCUT2D eigenvalue weighted by atomic mass is 16.7. The molecule has 9 heteroatoms. The van der Waals surface area contributed by atoms with Crippen LogP contribution in [-0.2, 0) is 9.47 Å². The highest BCUT2D eigenvalue weighted by Gasteiger charge is 2.25. The van der Waals surface area contributed by atoms with E-state index in [4.69, 9.17) is 14.2 Å². The van der Waals surface area contributed by atoms with Crippen molar-refractivity contribution in [1.29, 1.82) is 0 Å². The Balaban J connectivity index is 1.97. The SMILES string of the molecule is CCOC(CN(C(=O)c1cc(=O)n(-c2cccc(C)n2)[nH]1)c1ccc(OC)cc1)OCC. The molecule has 0 fully saturated rings. The predicted octanol–water partition coefficient (Wildman–Crippen LogP) is 2.92. The number of rotatable bonds is 10. The molecule has 0 saturated heterocycles. The minimum absolute atomic E-state index is 0.126. The highest BCUT2D eigenvalue weighted by molar-refractivity contribution is 6.04. The molecular weight excluding hydrogens is 412 g/mol. The summed E-state index contributed by atoms with van der Waals surface area (Å²) >= 11 is 0. The summed E-state index contributed by atoms with van der Waals surface area (Å²) in [5, 5.41) is 2.88. The molecule has 170 valence electrons. The normalized spacial score (nSPS) is 11.0. The number of carbonyl (C=O) groups is 1. The molecule has 0 bridgehead atoms. The first-order chi connectivity index (χ1) is 15.5. The summed E-state index contributed by atoms with van der Waals surface area (Å²) in [4.78, 5) is 31.9. The first kappa shape index (κ1) is 23.2. The fourth-order valence-electron chi connectivity index (χ4n) is 3.22. The molecule has 2 aromatic heterocycles. The van der Waals surface area contributed by atoms with Crippen LogP contribution in [0.5, 0.6) is 5.75 Å². The number of benzene rings is 1. The number of amides is 1. The second-order valence-corrected chi connectivity index (χ2v) is 6.93. The Morgan fingerprint density at radius 2 is 1.81 bits per heavy atom. The molecule has 32 heavy (non-hydrogen) atoms.